The van der Waals surface area contributed by atoms with Gasteiger partial charge in [-0.3, -0.25) is 9.59 Å². The first-order valence-electron chi connectivity index (χ1n) is 19.6. The van der Waals surface area contributed by atoms with Gasteiger partial charge in [-0.1, -0.05) is 50.1 Å². The molecule has 0 radical (unpaired) electrons. The number of aliphatic hydroxyl groups excluding tert-OH is 5. The predicted molar refractivity (Wildman–Crippen MR) is 201 cm³/mol. The summed E-state index contributed by atoms with van der Waals surface area (Å²) in [5.41, 5.74) is 7.93. The van der Waals surface area contributed by atoms with E-state index in [-0.39, 0.29) is 18.4 Å². The molecular weight excluding hydrogens is 690 g/mol. The molecule has 52 heavy (non-hydrogen) atoms. The van der Waals surface area contributed by atoms with Crippen molar-refractivity contribution < 1.29 is 39.9 Å². The van der Waals surface area contributed by atoms with Gasteiger partial charge in [0.05, 0.1) is 35.6 Å². The van der Waals surface area contributed by atoms with Crippen LogP contribution in [-0.2, 0) is 11.2 Å². The van der Waals surface area contributed by atoms with Crippen LogP contribution in [0.2, 0.25) is 5.02 Å². The minimum atomic E-state index is -1.70. The Labute approximate surface area is 314 Å². The molecule has 0 saturated carbocycles. The van der Waals surface area contributed by atoms with Gasteiger partial charge in [0.25, 0.3) is 5.91 Å². The Bertz CT molecular complexity index is 1240. The van der Waals surface area contributed by atoms with Crippen LogP contribution in [0.5, 0.6) is 5.75 Å². The number of hydrogen-bond acceptors (Lipinski definition) is 11. The van der Waals surface area contributed by atoms with Crippen molar-refractivity contribution in [2.24, 2.45) is 11.8 Å². The number of aliphatic hydroxyl groups is 5. The van der Waals surface area contributed by atoms with E-state index in [0.29, 0.717) is 53.9 Å². The number of hydrogen-bond donors (Lipinski definition) is 8. The lowest BCUT2D eigenvalue weighted by Gasteiger charge is -2.37. The minimum absolute atomic E-state index is 0.139. The van der Waals surface area contributed by atoms with Crippen LogP contribution in [-0.4, -0.2) is 137 Å². The Morgan fingerprint density at radius 3 is 2.12 bits per heavy atom. The lowest BCUT2D eigenvalue weighted by Crippen LogP contribution is -2.49. The Balaban J connectivity index is 0.946. The average Bonchev–Trinajstić information content (AvgIpc) is 3.66. The monoisotopic (exact) mass is 753 g/mol. The van der Waals surface area contributed by atoms with Crippen LogP contribution in [0, 0.1) is 11.8 Å². The number of carbonyl (C=O) groups excluding carboxylic acids is 2. The fraction of sp³-hybridized carbons (Fsp3) is 0.789. The van der Waals surface area contributed by atoms with Crippen molar-refractivity contribution in [1.82, 2.24) is 20.4 Å². The molecule has 0 bridgehead atoms. The van der Waals surface area contributed by atoms with Crippen LogP contribution >= 0.6 is 11.6 Å². The van der Waals surface area contributed by atoms with Crippen molar-refractivity contribution in [1.29, 1.82) is 0 Å². The fourth-order valence-electron chi connectivity index (χ4n) is 7.67. The van der Waals surface area contributed by atoms with Crippen molar-refractivity contribution in [3.63, 3.8) is 0 Å². The number of carbonyl (C=O) groups is 2. The molecule has 0 aliphatic carbocycles. The van der Waals surface area contributed by atoms with Crippen LogP contribution in [0.4, 0.5) is 5.69 Å². The molecule has 0 spiro atoms. The summed E-state index contributed by atoms with van der Waals surface area (Å²) in [4.78, 5) is 30.2. The number of anilines is 1. The highest BCUT2D eigenvalue weighted by atomic mass is 35.5. The normalized spacial score (nSPS) is 19.8. The van der Waals surface area contributed by atoms with Gasteiger partial charge in [0, 0.05) is 38.0 Å². The maximum atomic E-state index is 13.0. The maximum absolute atomic E-state index is 13.0. The first-order valence-corrected chi connectivity index (χ1v) is 20.0. The van der Waals surface area contributed by atoms with E-state index in [1.165, 1.54) is 64.7 Å². The van der Waals surface area contributed by atoms with E-state index < -0.39 is 31.0 Å². The molecule has 3 heterocycles. The number of nitrogens with zero attached hydrogens (tertiary/aromatic N) is 2. The minimum Gasteiger partial charge on any atom is -0.492 e. The Morgan fingerprint density at radius 1 is 0.846 bits per heavy atom. The maximum Gasteiger partial charge on any atom is 0.255 e. The summed E-state index contributed by atoms with van der Waals surface area (Å²) in [6, 6.07) is 1.63. The molecule has 0 unspecified atom stereocenters. The number of fused-ring (bicyclic) bond motifs is 1. The van der Waals surface area contributed by atoms with E-state index in [1.54, 1.807) is 6.07 Å². The molecule has 2 fully saturated rings. The Kier molecular flexibility index (Phi) is 18.2. The van der Waals surface area contributed by atoms with E-state index in [2.05, 4.69) is 20.4 Å². The topological polar surface area (TPSA) is 201 Å². The van der Waals surface area contributed by atoms with E-state index >= 15 is 0 Å². The number of nitrogens with two attached hydrogens (primary N) is 1. The number of piperidine rings is 2. The van der Waals surface area contributed by atoms with E-state index in [4.69, 9.17) is 27.2 Å². The second-order valence-corrected chi connectivity index (χ2v) is 15.6. The number of ether oxygens (including phenoxy) is 1. The van der Waals surface area contributed by atoms with Gasteiger partial charge in [-0.25, -0.2) is 0 Å². The highest BCUT2D eigenvalue weighted by Crippen LogP contribution is 2.38. The number of halogens is 1. The third-order valence-electron chi connectivity index (χ3n) is 11.2. The number of benzene rings is 1. The summed E-state index contributed by atoms with van der Waals surface area (Å²) in [6.45, 7) is 7.14. The molecule has 1 aromatic carbocycles. The molecule has 4 atom stereocenters. The van der Waals surface area contributed by atoms with Gasteiger partial charge in [0.1, 0.15) is 24.1 Å². The second-order valence-electron chi connectivity index (χ2n) is 15.1. The third-order valence-corrected chi connectivity index (χ3v) is 11.5. The zero-order valence-corrected chi connectivity index (χ0v) is 31.6. The van der Waals surface area contributed by atoms with Crippen LogP contribution in [0.15, 0.2) is 6.07 Å². The smallest absolute Gasteiger partial charge is 0.255 e. The highest BCUT2D eigenvalue weighted by molar-refractivity contribution is 6.33. The summed E-state index contributed by atoms with van der Waals surface area (Å²) < 4.78 is 5.71. The number of nitrogens with one attached hydrogen (secondary N) is 2. The van der Waals surface area contributed by atoms with E-state index in [0.717, 1.165) is 63.1 Å². The van der Waals surface area contributed by atoms with Gasteiger partial charge in [-0.05, 0) is 89.2 Å². The van der Waals surface area contributed by atoms with Crippen LogP contribution in [0.3, 0.4) is 0 Å². The van der Waals surface area contributed by atoms with Crippen molar-refractivity contribution >= 4 is 29.1 Å². The first kappa shape index (κ1) is 42.5. The second kappa shape index (κ2) is 22.2. The van der Waals surface area contributed by atoms with Gasteiger partial charge in [-0.2, -0.15) is 0 Å². The van der Waals surface area contributed by atoms with E-state index in [1.807, 2.05) is 0 Å². The van der Waals surface area contributed by atoms with Crippen LogP contribution in [0.1, 0.15) is 99.4 Å². The van der Waals surface area contributed by atoms with Crippen molar-refractivity contribution in [3.8, 4) is 5.75 Å². The van der Waals surface area contributed by atoms with Gasteiger partial charge in [0.2, 0.25) is 5.91 Å². The molecule has 296 valence electrons. The molecular formula is C38H64ClN5O8. The standard InChI is InChI=1S/C38H64ClN5O8/c39-30-21-29(37-28(34(30)40)14-20-52-37)38(51)42-22-26-10-18-44(19-11-26)24-27-12-16-43(17-13-27)15-8-6-4-2-1-3-5-7-9-33(48)41-23-31(46)35(49)36(50)32(47)25-45/h21,26-27,31-32,35-36,45-47,49-50H,1-20,22-25,40H2,(H,41,48)(H,42,51)/t31-,32+,35+,36+/m0/s1. The number of amides is 2. The average molecular weight is 754 g/mol. The summed E-state index contributed by atoms with van der Waals surface area (Å²) >= 11 is 6.29. The van der Waals surface area contributed by atoms with Gasteiger partial charge in [0.15, 0.2) is 0 Å². The quantitative estimate of drug-likeness (QED) is 0.0637. The summed E-state index contributed by atoms with van der Waals surface area (Å²) in [5, 5.41) is 53.6. The van der Waals surface area contributed by atoms with E-state index in [9.17, 15) is 30.0 Å². The Hall–Kier alpha value is -2.23. The number of likely N-dealkylation sites (tertiary alicyclic amines) is 2. The number of nitrogen functional groups attached to an aromatic ring is 1. The molecule has 2 amide bonds. The van der Waals surface area contributed by atoms with Gasteiger partial charge >= 0.3 is 0 Å². The predicted octanol–water partition coefficient (Wildman–Crippen LogP) is 2.07. The number of unbranched alkanes of at least 4 members (excludes halogenated alkanes) is 7. The SMILES string of the molecule is Nc1c(Cl)cc(C(=O)NCC2CCN(CC3CCN(CCCCCCCCCCC(=O)NC[C@H](O)[C@@H](O)[C@H](O)[C@H](O)CO)CC3)CC2)c2c1CCO2. The lowest BCUT2D eigenvalue weighted by molar-refractivity contribution is -0.126. The molecule has 3 aliphatic heterocycles. The van der Waals surface area contributed by atoms with Crippen LogP contribution < -0.4 is 21.1 Å². The van der Waals surface area contributed by atoms with Crippen molar-refractivity contribution in [2.75, 3.05) is 71.3 Å². The fourth-order valence-corrected chi connectivity index (χ4v) is 7.89. The van der Waals surface area contributed by atoms with Crippen molar-refractivity contribution in [2.45, 2.75) is 114 Å². The summed E-state index contributed by atoms with van der Waals surface area (Å²) in [5.74, 6) is 1.46. The first-order chi connectivity index (χ1) is 25.1. The molecule has 14 heteroatoms. The zero-order valence-electron chi connectivity index (χ0n) is 30.8. The zero-order chi connectivity index (χ0) is 37.5. The third kappa shape index (κ3) is 13.3. The lowest BCUT2D eigenvalue weighted by atomic mass is 9.92. The number of rotatable bonds is 22. The molecule has 4 rings (SSSR count). The van der Waals surface area contributed by atoms with Crippen molar-refractivity contribution in [3.05, 3.63) is 22.2 Å². The molecule has 13 nitrogen and oxygen atoms in total. The molecule has 9 N–H and O–H groups in total. The molecule has 3 aliphatic rings. The molecule has 0 aromatic heterocycles. The Morgan fingerprint density at radius 2 is 1.44 bits per heavy atom. The molecule has 1 aromatic rings. The highest BCUT2D eigenvalue weighted by Gasteiger charge is 2.30. The van der Waals surface area contributed by atoms with Gasteiger partial charge < -0.3 is 56.4 Å². The summed E-state index contributed by atoms with van der Waals surface area (Å²) in [6.07, 6.45) is 8.27. The largest absolute Gasteiger partial charge is 0.492 e. The molecule has 2 saturated heterocycles. The van der Waals surface area contributed by atoms with Crippen LogP contribution in [0.25, 0.3) is 0 Å². The summed E-state index contributed by atoms with van der Waals surface area (Å²) in [7, 11) is 0. The van der Waals surface area contributed by atoms with Gasteiger partial charge in [-0.15, -0.1) is 0 Å².